The number of nitrogens with zero attached hydrogens (tertiary/aromatic N) is 4. The van der Waals surface area contributed by atoms with Gasteiger partial charge >= 0.3 is 65.4 Å². The number of fused-ring (bicyclic) bond motifs is 1. The molecule has 0 aromatic heterocycles. The fourth-order valence-electron chi connectivity index (χ4n) is 12.2. The van der Waals surface area contributed by atoms with E-state index in [1.807, 2.05) is 44.2 Å². The monoisotopic (exact) mass is 2050 g/mol. The number of ether oxygens (including phenoxy) is 7. The number of carbonyl (C=O) groups is 11. The van der Waals surface area contributed by atoms with Crippen molar-refractivity contribution < 1.29 is 141 Å². The van der Waals surface area contributed by atoms with Crippen LogP contribution in [0.15, 0.2) is 175 Å². The van der Waals surface area contributed by atoms with E-state index < -0.39 is 90.0 Å². The van der Waals surface area contributed by atoms with Crippen molar-refractivity contribution >= 4 is 136 Å². The van der Waals surface area contributed by atoms with Crippen LogP contribution in [0.2, 0.25) is 0 Å². The number of amides is 4. The van der Waals surface area contributed by atoms with Crippen molar-refractivity contribution in [2.45, 2.75) is 206 Å². The number of carboxylic acid groups (broad SMARTS) is 1. The molecule has 3 aliphatic rings. The van der Waals surface area contributed by atoms with Gasteiger partial charge in [0.15, 0.2) is 18.1 Å². The topological polar surface area (TPSA) is 486 Å². The van der Waals surface area contributed by atoms with Crippen LogP contribution in [-0.2, 0) is 104 Å². The second kappa shape index (κ2) is 74.6. The number of hydrogen-bond donors (Lipinski definition) is 10. The number of anilines is 2. The van der Waals surface area contributed by atoms with Gasteiger partial charge in [0.1, 0.15) is 23.6 Å². The van der Waals surface area contributed by atoms with E-state index >= 15 is 0 Å². The normalized spacial score (nSPS) is 14.1. The summed E-state index contributed by atoms with van der Waals surface area (Å²) in [5.74, 6) is -4.88. The summed E-state index contributed by atoms with van der Waals surface area (Å²) in [7, 11) is 1.52. The van der Waals surface area contributed by atoms with Gasteiger partial charge in [0.25, 0.3) is 23.6 Å². The molecular weight excluding hydrogens is 1910 g/mol. The van der Waals surface area contributed by atoms with Crippen LogP contribution in [-0.4, -0.2) is 240 Å². The second-order valence-corrected chi connectivity index (χ2v) is 34.3. The Labute approximate surface area is 874 Å². The van der Waals surface area contributed by atoms with Crippen molar-refractivity contribution in [1.82, 2.24) is 25.8 Å². The Hall–Kier alpha value is -10.3. The molecule has 0 spiro atoms. The van der Waals surface area contributed by atoms with E-state index in [0.717, 1.165) is 82.7 Å². The first-order chi connectivity index (χ1) is 64.9. The van der Waals surface area contributed by atoms with Gasteiger partial charge in [-0.05, 0) is 151 Å². The number of morpholine rings is 1. The van der Waals surface area contributed by atoms with Crippen LogP contribution in [0, 0.1) is 39.5 Å². The molecule has 7 aromatic carbocycles. The Morgan fingerprint density at radius 3 is 1.55 bits per heavy atom. The van der Waals surface area contributed by atoms with Crippen molar-refractivity contribution in [1.29, 1.82) is 0 Å². The number of carboxylic acids is 1. The molecule has 0 aliphatic carbocycles. The van der Waals surface area contributed by atoms with Gasteiger partial charge in [0.2, 0.25) is 18.3 Å². The molecule has 2 fully saturated rings. The number of esters is 5. The largest absolute Gasteiger partial charge is 1.00 e. The molecule has 4 amide bonds. The molecule has 776 valence electrons. The van der Waals surface area contributed by atoms with Crippen molar-refractivity contribution in [2.75, 3.05) is 101 Å². The predicted octanol–water partition coefficient (Wildman–Crippen LogP) is 10.6. The third kappa shape index (κ3) is 55.2. The van der Waals surface area contributed by atoms with Gasteiger partial charge in [-0.2, -0.15) is 0 Å². The van der Waals surface area contributed by atoms with Crippen LogP contribution in [0.25, 0.3) is 5.70 Å². The Morgan fingerprint density at radius 1 is 0.681 bits per heavy atom. The molecule has 10 rings (SSSR count). The number of nitrogens with two attached hydrogens (primary N) is 2. The van der Waals surface area contributed by atoms with E-state index in [1.165, 1.54) is 69.7 Å². The van der Waals surface area contributed by atoms with Gasteiger partial charge in [-0.3, -0.25) is 48.1 Å². The molecule has 7 aromatic rings. The number of hydrogen-bond acceptors (Lipinski definition) is 28. The third-order valence-electron chi connectivity index (χ3n) is 19.0. The summed E-state index contributed by atoms with van der Waals surface area (Å²) in [6, 6.07) is 51.9. The molecule has 3 aliphatic heterocycles. The minimum Gasteiger partial charge on any atom is -0.870 e. The average Bonchev–Trinajstić information content (AvgIpc) is 1.41. The summed E-state index contributed by atoms with van der Waals surface area (Å²) < 4.78 is 34.7. The maximum Gasteiger partial charge on any atom is 1.00 e. The minimum atomic E-state index is -1.98. The summed E-state index contributed by atoms with van der Waals surface area (Å²) in [5.41, 5.74) is 24.2. The SMILES string of the molecule is C.C=C(N)c1ccc(NC(=O)[C@H](O)[C@H]2OCCN(c3ccc4c(c3)C(=O)N(CCC)C4)C2=O)cc1.CC(=O)O[C@H]1C(=O)OC(=O)[C@@H]1C.CC(C)CC(=NC(C)C)OC(C)(C)C.COc1ccc(CN(CCCl)C(=O)[C@H](OC(C)=O)[C@@H](OC(C)=O)C(=O)O)cc1.Cc1ccc(C=O)cc1.Cc1ccc(CNCCCl)cc1.Cc1ccc(CNCCCl)cc1.Cc1ccc(CNCCO)cc1.Cl.NCCO.[Na+].[OH-]. The zero-order valence-corrected chi connectivity index (χ0v) is 88.8. The number of carbonyl (C=O) groups excluding carboxylic acids is 10. The van der Waals surface area contributed by atoms with Crippen molar-refractivity contribution in [2.24, 2.45) is 28.3 Å². The van der Waals surface area contributed by atoms with E-state index in [-0.39, 0.29) is 112 Å². The number of alkyl halides is 3. The number of aliphatic hydroxyl groups excluding tert-OH is 3. The third-order valence-corrected chi connectivity index (χ3v) is 19.6. The number of aldehydes is 1. The molecule has 13 N–H and O–H groups in total. The van der Waals surface area contributed by atoms with E-state index in [9.17, 15) is 63.0 Å². The van der Waals surface area contributed by atoms with Gasteiger partial charge < -0.3 is 106 Å². The fourth-order valence-corrected chi connectivity index (χ4v) is 12.7. The maximum atomic E-state index is 13.1. The van der Waals surface area contributed by atoms with Crippen molar-refractivity contribution in [3.63, 3.8) is 0 Å². The van der Waals surface area contributed by atoms with E-state index in [4.69, 9.17) is 80.2 Å². The van der Waals surface area contributed by atoms with Gasteiger partial charge in [0, 0.05) is 158 Å². The smallest absolute Gasteiger partial charge is 0.870 e. The molecule has 0 radical (unpaired) electrons. The van der Waals surface area contributed by atoms with Crippen LogP contribution >= 0.6 is 47.2 Å². The van der Waals surface area contributed by atoms with Crippen LogP contribution in [0.1, 0.15) is 180 Å². The molecule has 0 unspecified atom stereocenters. The number of benzene rings is 7. The number of aliphatic carboxylic acids is 1. The predicted molar refractivity (Wildman–Crippen MR) is 550 cm³/mol. The zero-order chi connectivity index (χ0) is 103. The quantitative estimate of drug-likeness (QED) is 0.00203. The number of aliphatic imine (C=N–C) groups is 1. The number of cyclic esters (lactones) is 2. The average molecular weight is 2060 g/mol. The van der Waals surface area contributed by atoms with Crippen molar-refractivity contribution in [3.8, 4) is 5.75 Å². The first kappa shape index (κ1) is 135. The fraction of sp³-hybridized carbons (Fsp3) is 0.456. The van der Waals surface area contributed by atoms with Crippen LogP contribution in [0.5, 0.6) is 5.75 Å². The first-order valence-corrected chi connectivity index (χ1v) is 46.5. The van der Waals surface area contributed by atoms with Gasteiger partial charge in [-0.25, -0.2) is 9.59 Å². The Bertz CT molecular complexity index is 4750. The number of rotatable bonds is 35. The Morgan fingerprint density at radius 2 is 1.16 bits per heavy atom. The molecule has 38 heteroatoms. The molecule has 6 atom stereocenters. The molecule has 141 heavy (non-hydrogen) atoms. The number of aryl methyl sites for hydroxylation is 4. The van der Waals surface area contributed by atoms with Gasteiger partial charge in [-0.15, -0.1) is 47.2 Å². The molecular formula is C103H147Cl4N10NaO23. The summed E-state index contributed by atoms with van der Waals surface area (Å²) >= 11 is 16.8. The summed E-state index contributed by atoms with van der Waals surface area (Å²) in [6.07, 6.45) is -5.33. The minimum absolute atomic E-state index is 0. The number of nitrogens with one attached hydrogen (secondary N) is 4. The molecule has 0 saturated carbocycles. The number of halogens is 4. The summed E-state index contributed by atoms with van der Waals surface area (Å²) in [5, 5.41) is 48.4. The summed E-state index contributed by atoms with van der Waals surface area (Å²) in [6.45, 7) is 40.7. The van der Waals surface area contributed by atoms with Gasteiger partial charge in [0.05, 0.1) is 26.9 Å². The number of methoxy groups -OCH3 is 1. The maximum absolute atomic E-state index is 13.1. The van der Waals surface area contributed by atoms with Crippen LogP contribution in [0.4, 0.5) is 11.4 Å². The Kier molecular flexibility index (Phi) is 71.4. The molecule has 33 nitrogen and oxygen atoms in total. The standard InChI is InChI=1S/C25H28N4O5.C18H22ClNO8.C12H25NO.2C10H14ClN.C10H15NO.C8H8O.C7H8O5.C2H7NO.CH4.ClH.Na.H2O/c1-3-10-28-14-17-6-9-19(13-20(17)24(28)32)29-11-12-34-22(25(29)33)21(30)23(31)27-18-7-4-16(5-8-18)15(2)26;1-11(21)27-15(16(18(24)25)28-12(2)22)17(23)20(9-8-19)10-13-4-6-14(26-3)7-5-13;1-9(2)8-11(13-10(3)4)14-12(5,6)7;2*1-9-2-4-10(5-3-9)8-12-7-6-11;1-9-2-4-10(5-3-9)8-11-6-7-12;1-7-2-4-8(6-9)5-3-7;1-3-5(11-4(2)8)7(10)12-6(3)9;3-1-2-4;;;;/h4-9,13,21-22,30H,2-3,10-12,14,26H2,1H3,(H,27,31);4-7,15-16H,8-10H2,1-3H3,(H,24,25);9-10H,8H2,1-7H3;2*2-5,12H,6-8H2,1H3;2-5,11-12H,6-8H2,1H3;2-6H,1H3;3,5H,1-2H3;4H,1-3H2;1H4;1H;;1H2/q;;;;;;;;;;;+1;/p-1/t21-,22-;15-,16-;;;;;;3-,5-;;;;;/m11.....1...../s1. The van der Waals surface area contributed by atoms with Crippen LogP contribution in [0.3, 0.4) is 0 Å². The Balaban J connectivity index is -0.00000160. The zero-order valence-electron chi connectivity index (χ0n) is 83.7. The molecule has 2 saturated heterocycles. The van der Waals surface area contributed by atoms with Crippen molar-refractivity contribution in [3.05, 3.63) is 237 Å². The number of aliphatic hydroxyl groups is 3. The van der Waals surface area contributed by atoms with Gasteiger partial charge in [-0.1, -0.05) is 184 Å². The van der Waals surface area contributed by atoms with E-state index in [2.05, 4.69) is 184 Å². The molecule has 0 bridgehead atoms. The van der Waals surface area contributed by atoms with Crippen LogP contribution < -0.4 is 71.9 Å². The second-order valence-electron chi connectivity index (χ2n) is 33.2. The van der Waals surface area contributed by atoms with E-state index in [0.29, 0.717) is 89.4 Å². The molecule has 3 heterocycles. The first-order valence-electron chi connectivity index (χ1n) is 44.9. The summed E-state index contributed by atoms with van der Waals surface area (Å²) in [4.78, 5) is 137. The van der Waals surface area contributed by atoms with E-state index in [1.54, 1.807) is 65.6 Å².